The molecule has 2 aliphatic carbocycles. The van der Waals surface area contributed by atoms with Crippen LogP contribution in [-0.2, 0) is 42.9 Å². The van der Waals surface area contributed by atoms with Crippen molar-refractivity contribution in [2.45, 2.75) is 96.2 Å². The SMILES string of the molecule is C=C1/C=C\[C@H](OC(C)=O)[C@]2(C)[C@H]([C@@H](C)C(=O)C[C@@H]2OC(=O)CCC)[C@H](OC(C)=O)[C@]2(O)[C@@H](C)C(=O)O[C@H]2[C@H]1Cl. The molecule has 216 valence electrons. The summed E-state index contributed by atoms with van der Waals surface area (Å²) in [5, 5.41) is 11.2. The summed E-state index contributed by atoms with van der Waals surface area (Å²) in [6, 6.07) is 0. The average Bonchev–Trinajstić information content (AvgIpc) is 3.07. The Hall–Kier alpha value is -2.72. The number of aliphatic hydroxyl groups is 1. The Morgan fingerprint density at radius 1 is 1.15 bits per heavy atom. The Kier molecular flexibility index (Phi) is 9.02. The van der Waals surface area contributed by atoms with Gasteiger partial charge in [-0.15, -0.1) is 11.6 Å². The Balaban J connectivity index is 2.39. The van der Waals surface area contributed by atoms with Crippen LogP contribution in [0.25, 0.3) is 0 Å². The largest absolute Gasteiger partial charge is 0.461 e. The van der Waals surface area contributed by atoms with E-state index in [0.717, 1.165) is 6.92 Å². The Morgan fingerprint density at radius 3 is 2.33 bits per heavy atom. The molecule has 11 heteroatoms. The molecule has 0 bridgehead atoms. The third kappa shape index (κ3) is 5.37. The maximum atomic E-state index is 13.4. The second-order valence-corrected chi connectivity index (χ2v) is 11.4. The van der Waals surface area contributed by atoms with Crippen molar-refractivity contribution in [3.8, 4) is 0 Å². The monoisotopic (exact) mass is 568 g/mol. The molecule has 3 rings (SSSR count). The average molecular weight is 569 g/mol. The van der Waals surface area contributed by atoms with Crippen LogP contribution in [0.5, 0.6) is 0 Å². The number of carbonyl (C=O) groups excluding carboxylic acids is 5. The number of carbonyl (C=O) groups is 5. The van der Waals surface area contributed by atoms with Gasteiger partial charge in [-0.1, -0.05) is 33.4 Å². The van der Waals surface area contributed by atoms with Crippen molar-refractivity contribution < 1.29 is 48.0 Å². The highest BCUT2D eigenvalue weighted by Crippen LogP contribution is 2.56. The van der Waals surface area contributed by atoms with Crippen LogP contribution in [0.1, 0.15) is 60.8 Å². The van der Waals surface area contributed by atoms with Gasteiger partial charge < -0.3 is 24.1 Å². The van der Waals surface area contributed by atoms with Crippen LogP contribution in [0.2, 0.25) is 0 Å². The number of halogens is 1. The first-order valence-electron chi connectivity index (χ1n) is 13.1. The van der Waals surface area contributed by atoms with E-state index in [4.69, 9.17) is 30.5 Å². The first-order valence-corrected chi connectivity index (χ1v) is 13.5. The van der Waals surface area contributed by atoms with Crippen molar-refractivity contribution in [2.75, 3.05) is 0 Å². The Morgan fingerprint density at radius 2 is 1.77 bits per heavy atom. The van der Waals surface area contributed by atoms with Crippen molar-refractivity contribution in [1.82, 2.24) is 0 Å². The molecule has 0 spiro atoms. The van der Waals surface area contributed by atoms with E-state index in [1.807, 2.05) is 0 Å². The minimum Gasteiger partial charge on any atom is -0.461 e. The smallest absolute Gasteiger partial charge is 0.312 e. The second-order valence-electron chi connectivity index (χ2n) is 10.9. The van der Waals surface area contributed by atoms with E-state index < -0.39 is 82.4 Å². The first kappa shape index (κ1) is 30.8. The summed E-state index contributed by atoms with van der Waals surface area (Å²) >= 11 is 6.68. The number of ketones is 1. The fourth-order valence-electron chi connectivity index (χ4n) is 6.24. The number of Topliss-reactive ketones (excluding diaryl/α,β-unsaturated/α-hetero) is 1. The molecule has 1 saturated carbocycles. The number of alkyl halides is 1. The van der Waals surface area contributed by atoms with Gasteiger partial charge in [-0.25, -0.2) is 0 Å². The van der Waals surface area contributed by atoms with Gasteiger partial charge in [-0.2, -0.15) is 0 Å². The maximum absolute atomic E-state index is 13.4. The summed E-state index contributed by atoms with van der Waals surface area (Å²) < 4.78 is 22.9. The number of fused-ring (bicyclic) bond motifs is 2. The molecule has 10 nitrogen and oxygen atoms in total. The van der Waals surface area contributed by atoms with Crippen molar-refractivity contribution in [3.05, 3.63) is 24.3 Å². The van der Waals surface area contributed by atoms with Gasteiger partial charge in [0.25, 0.3) is 0 Å². The third-order valence-electron chi connectivity index (χ3n) is 8.41. The van der Waals surface area contributed by atoms with E-state index in [2.05, 4.69) is 6.58 Å². The summed E-state index contributed by atoms with van der Waals surface area (Å²) in [5.41, 5.74) is -3.42. The molecule has 39 heavy (non-hydrogen) atoms. The van der Waals surface area contributed by atoms with E-state index >= 15 is 0 Å². The van der Waals surface area contributed by atoms with E-state index in [0.29, 0.717) is 6.42 Å². The standard InChI is InChI=1S/C28H37ClO10/c1-8-9-21(33)38-20-12-18(32)14(3)22-24(37-17(6)31)28(35)15(4)26(34)39-25(28)23(29)13(2)10-11-19(27(20,22)7)36-16(5)30/h10-11,14-15,19-20,22-25,35H,2,8-9,12H2,1,3-7H3/b11-10-/t14-,15-,19-,20-,22+,23-,24-,25-,27-,28+/m0/s1. The molecule has 1 N–H and O–H groups in total. The van der Waals surface area contributed by atoms with E-state index in [1.54, 1.807) is 20.8 Å². The van der Waals surface area contributed by atoms with Crippen molar-refractivity contribution >= 4 is 41.3 Å². The molecule has 0 aromatic rings. The van der Waals surface area contributed by atoms with Gasteiger partial charge in [-0.3, -0.25) is 24.0 Å². The van der Waals surface area contributed by atoms with Crippen molar-refractivity contribution in [2.24, 2.45) is 23.2 Å². The van der Waals surface area contributed by atoms with Crippen LogP contribution in [0, 0.1) is 23.2 Å². The molecule has 2 fully saturated rings. The van der Waals surface area contributed by atoms with Gasteiger partial charge >= 0.3 is 23.9 Å². The molecule has 0 aromatic carbocycles. The van der Waals surface area contributed by atoms with Gasteiger partial charge in [0.05, 0.1) is 16.7 Å². The van der Waals surface area contributed by atoms with Crippen LogP contribution in [-0.4, -0.2) is 70.2 Å². The van der Waals surface area contributed by atoms with Crippen LogP contribution >= 0.6 is 11.6 Å². The highest BCUT2D eigenvalue weighted by atomic mass is 35.5. The molecule has 0 amide bonds. The Labute approximate surface area is 233 Å². The van der Waals surface area contributed by atoms with Crippen LogP contribution in [0.3, 0.4) is 0 Å². The lowest BCUT2D eigenvalue weighted by Crippen LogP contribution is -2.69. The van der Waals surface area contributed by atoms with Gasteiger partial charge in [-0.05, 0) is 25.0 Å². The van der Waals surface area contributed by atoms with Gasteiger partial charge in [0, 0.05) is 38.5 Å². The van der Waals surface area contributed by atoms with Gasteiger partial charge in [0.15, 0.2) is 11.7 Å². The highest BCUT2D eigenvalue weighted by molar-refractivity contribution is 6.23. The van der Waals surface area contributed by atoms with Crippen LogP contribution in [0.15, 0.2) is 24.3 Å². The third-order valence-corrected chi connectivity index (χ3v) is 8.91. The minimum atomic E-state index is -2.22. The molecule has 10 atom stereocenters. The van der Waals surface area contributed by atoms with E-state index in [9.17, 15) is 29.1 Å². The zero-order valence-corrected chi connectivity index (χ0v) is 23.9. The summed E-state index contributed by atoms with van der Waals surface area (Å²) in [6.07, 6.45) is -1.84. The summed E-state index contributed by atoms with van der Waals surface area (Å²) in [7, 11) is 0. The minimum absolute atomic E-state index is 0.0819. The molecule has 1 saturated heterocycles. The van der Waals surface area contributed by atoms with Crippen LogP contribution < -0.4 is 0 Å². The summed E-state index contributed by atoms with van der Waals surface area (Å²) in [5.74, 6) is -6.36. The van der Waals surface area contributed by atoms with E-state index in [-0.39, 0.29) is 24.2 Å². The molecule has 1 heterocycles. The molecular formula is C28H37ClO10. The number of allylic oxidation sites excluding steroid dienone is 1. The molecule has 0 radical (unpaired) electrons. The fourth-order valence-corrected chi connectivity index (χ4v) is 6.56. The molecule has 1 aliphatic heterocycles. The molecular weight excluding hydrogens is 532 g/mol. The predicted molar refractivity (Wildman–Crippen MR) is 138 cm³/mol. The van der Waals surface area contributed by atoms with Gasteiger partial charge in [0.1, 0.15) is 24.1 Å². The lowest BCUT2D eigenvalue weighted by Gasteiger charge is -2.56. The number of rotatable bonds is 5. The lowest BCUT2D eigenvalue weighted by atomic mass is 9.53. The van der Waals surface area contributed by atoms with Crippen LogP contribution in [0.4, 0.5) is 0 Å². The zero-order valence-electron chi connectivity index (χ0n) is 23.1. The number of hydrogen-bond acceptors (Lipinski definition) is 10. The normalized spacial score (nSPS) is 41.0. The first-order chi connectivity index (χ1) is 18.1. The molecule has 3 aliphatic rings. The van der Waals surface area contributed by atoms with Gasteiger partial charge in [0.2, 0.25) is 0 Å². The number of esters is 4. The van der Waals surface area contributed by atoms with E-state index in [1.165, 1.54) is 26.0 Å². The predicted octanol–water partition coefficient (Wildman–Crippen LogP) is 2.82. The number of hydrogen-bond donors (Lipinski definition) is 1. The number of ether oxygens (including phenoxy) is 4. The zero-order chi connectivity index (χ0) is 29.4. The van der Waals surface area contributed by atoms with Crippen molar-refractivity contribution in [1.29, 1.82) is 0 Å². The second kappa shape index (κ2) is 11.4. The summed E-state index contributed by atoms with van der Waals surface area (Å²) in [6.45, 7) is 12.8. The van der Waals surface area contributed by atoms with Crippen molar-refractivity contribution in [3.63, 3.8) is 0 Å². The fraction of sp³-hybridized carbons (Fsp3) is 0.679. The quantitative estimate of drug-likeness (QED) is 0.299. The highest BCUT2D eigenvalue weighted by Gasteiger charge is 2.70. The summed E-state index contributed by atoms with van der Waals surface area (Å²) in [4.78, 5) is 63.9. The molecule has 0 aromatic heterocycles. The topological polar surface area (TPSA) is 143 Å². The lowest BCUT2D eigenvalue weighted by molar-refractivity contribution is -0.232. The maximum Gasteiger partial charge on any atom is 0.312 e. The Bertz CT molecular complexity index is 1080. The molecule has 0 unspecified atom stereocenters.